The van der Waals surface area contributed by atoms with E-state index in [-0.39, 0.29) is 5.70 Å². The summed E-state index contributed by atoms with van der Waals surface area (Å²) >= 11 is 8.10. The van der Waals surface area contributed by atoms with E-state index in [1.165, 1.54) is 0 Å². The maximum atomic E-state index is 12.7. The second-order valence-electron chi connectivity index (χ2n) is 5.58. The Hall–Kier alpha value is -2.26. The smallest absolute Gasteiger partial charge is 0.333 e. The third-order valence-corrected chi connectivity index (χ3v) is 4.83. The number of imide groups is 1. The van der Waals surface area contributed by atoms with E-state index in [4.69, 9.17) is 21.1 Å². The Morgan fingerprint density at radius 1 is 1.26 bits per heavy atom. The molecule has 1 aliphatic rings. The molecule has 0 unspecified atom stereocenters. The largest absolute Gasteiger partial charge is 0.492 e. The third kappa shape index (κ3) is 4.03. The Bertz CT molecular complexity index is 945. The van der Waals surface area contributed by atoms with Crippen molar-refractivity contribution in [3.05, 3.63) is 56.3 Å². The summed E-state index contributed by atoms with van der Waals surface area (Å²) in [5.74, 6) is 0.746. The molecule has 0 atom stereocenters. The minimum Gasteiger partial charge on any atom is -0.492 e. The van der Waals surface area contributed by atoms with Crippen molar-refractivity contribution in [2.75, 3.05) is 18.6 Å². The van der Waals surface area contributed by atoms with Crippen LogP contribution in [0, 0.1) is 3.57 Å². The number of methoxy groups -OCH3 is 1. The quantitative estimate of drug-likeness (QED) is 0.376. The standard InChI is InChI=1S/C19H16ClIN2O4/c1-3-27-16-9-11(7-14(21)17(16)26-2)8-15-18(24)23(19(25)22-15)13-6-4-5-12(20)10-13/h4-10H,3H2,1-2H3,(H,22,25)/b15-8-. The molecule has 1 saturated heterocycles. The Morgan fingerprint density at radius 3 is 2.70 bits per heavy atom. The molecule has 1 N–H and O–H groups in total. The number of nitrogens with zero attached hydrogens (tertiary/aromatic N) is 1. The van der Waals surface area contributed by atoms with Gasteiger partial charge in [0.05, 0.1) is 23.0 Å². The fourth-order valence-electron chi connectivity index (χ4n) is 2.68. The molecule has 1 fully saturated rings. The number of anilines is 1. The van der Waals surface area contributed by atoms with E-state index in [9.17, 15) is 9.59 Å². The van der Waals surface area contributed by atoms with Crippen molar-refractivity contribution < 1.29 is 19.1 Å². The first-order valence-electron chi connectivity index (χ1n) is 8.07. The molecule has 0 radical (unpaired) electrons. The van der Waals surface area contributed by atoms with E-state index in [1.807, 2.05) is 13.0 Å². The molecule has 0 aromatic heterocycles. The van der Waals surface area contributed by atoms with Crippen LogP contribution >= 0.6 is 34.2 Å². The molecule has 0 spiro atoms. The average Bonchev–Trinajstić information content (AvgIpc) is 2.88. The molecule has 140 valence electrons. The van der Waals surface area contributed by atoms with Crippen LogP contribution in [0.3, 0.4) is 0 Å². The van der Waals surface area contributed by atoms with Gasteiger partial charge in [0, 0.05) is 5.02 Å². The molecule has 3 rings (SSSR count). The average molecular weight is 499 g/mol. The normalized spacial score (nSPS) is 15.3. The van der Waals surface area contributed by atoms with Gasteiger partial charge in [0.2, 0.25) is 0 Å². The van der Waals surface area contributed by atoms with Crippen molar-refractivity contribution in [2.45, 2.75) is 6.92 Å². The fraction of sp³-hybridized carbons (Fsp3) is 0.158. The first-order valence-corrected chi connectivity index (χ1v) is 9.53. The Balaban J connectivity index is 1.96. The first-order chi connectivity index (χ1) is 12.9. The molecule has 2 aromatic carbocycles. The van der Waals surface area contributed by atoms with Crippen LogP contribution in [-0.4, -0.2) is 25.7 Å². The highest BCUT2D eigenvalue weighted by molar-refractivity contribution is 14.1. The predicted molar refractivity (Wildman–Crippen MR) is 112 cm³/mol. The van der Waals surface area contributed by atoms with Gasteiger partial charge in [-0.2, -0.15) is 0 Å². The number of halogens is 2. The molecule has 3 amide bonds. The maximum Gasteiger partial charge on any atom is 0.333 e. The molecule has 1 heterocycles. The van der Waals surface area contributed by atoms with E-state index < -0.39 is 11.9 Å². The number of rotatable bonds is 5. The molecule has 0 bridgehead atoms. The van der Waals surface area contributed by atoms with Gasteiger partial charge < -0.3 is 14.8 Å². The van der Waals surface area contributed by atoms with Crippen molar-refractivity contribution in [1.29, 1.82) is 0 Å². The molecule has 0 aliphatic carbocycles. The van der Waals surface area contributed by atoms with Gasteiger partial charge in [-0.1, -0.05) is 17.7 Å². The summed E-state index contributed by atoms with van der Waals surface area (Å²) in [6.45, 7) is 2.35. The lowest BCUT2D eigenvalue weighted by Crippen LogP contribution is -2.30. The second kappa shape index (κ2) is 8.18. The molecule has 6 nitrogen and oxygen atoms in total. The summed E-state index contributed by atoms with van der Waals surface area (Å²) in [6, 6.07) is 9.65. The van der Waals surface area contributed by atoms with Crippen molar-refractivity contribution in [3.63, 3.8) is 0 Å². The van der Waals surface area contributed by atoms with Crippen LogP contribution in [0.5, 0.6) is 11.5 Å². The number of benzene rings is 2. The van der Waals surface area contributed by atoms with Gasteiger partial charge in [-0.3, -0.25) is 4.79 Å². The highest BCUT2D eigenvalue weighted by Gasteiger charge is 2.35. The van der Waals surface area contributed by atoms with Gasteiger partial charge in [0.1, 0.15) is 5.70 Å². The van der Waals surface area contributed by atoms with Crippen molar-refractivity contribution in [1.82, 2.24) is 5.32 Å². The predicted octanol–water partition coefficient (Wildman–Crippen LogP) is 4.45. The molecule has 2 aromatic rings. The van der Waals surface area contributed by atoms with E-state index in [0.29, 0.717) is 34.4 Å². The third-order valence-electron chi connectivity index (χ3n) is 3.79. The second-order valence-corrected chi connectivity index (χ2v) is 7.17. The lowest BCUT2D eigenvalue weighted by molar-refractivity contribution is -0.113. The Labute approximate surface area is 175 Å². The minimum atomic E-state index is -0.526. The minimum absolute atomic E-state index is 0.170. The number of urea groups is 1. The summed E-state index contributed by atoms with van der Waals surface area (Å²) in [5, 5.41) is 3.04. The number of hydrogen-bond donors (Lipinski definition) is 1. The molecular formula is C19H16ClIN2O4. The number of hydrogen-bond acceptors (Lipinski definition) is 4. The van der Waals surface area contributed by atoms with Gasteiger partial charge in [-0.05, 0) is 71.5 Å². The molecular weight excluding hydrogens is 483 g/mol. The van der Waals surface area contributed by atoms with E-state index in [0.717, 1.165) is 8.47 Å². The number of carbonyl (C=O) groups is 2. The topological polar surface area (TPSA) is 67.9 Å². The number of ether oxygens (including phenoxy) is 2. The lowest BCUT2D eigenvalue weighted by Gasteiger charge is -2.12. The van der Waals surface area contributed by atoms with E-state index in [2.05, 4.69) is 27.9 Å². The van der Waals surface area contributed by atoms with Crippen LogP contribution < -0.4 is 19.7 Å². The summed E-state index contributed by atoms with van der Waals surface area (Å²) < 4.78 is 11.8. The van der Waals surface area contributed by atoms with Crippen LogP contribution in [0.2, 0.25) is 5.02 Å². The molecule has 0 saturated carbocycles. The van der Waals surface area contributed by atoms with Crippen LogP contribution in [0.25, 0.3) is 6.08 Å². The van der Waals surface area contributed by atoms with Crippen LogP contribution in [0.1, 0.15) is 12.5 Å². The van der Waals surface area contributed by atoms with Gasteiger partial charge in [-0.15, -0.1) is 0 Å². The Morgan fingerprint density at radius 2 is 2.04 bits per heavy atom. The van der Waals surface area contributed by atoms with Crippen molar-refractivity contribution in [2.24, 2.45) is 0 Å². The van der Waals surface area contributed by atoms with Gasteiger partial charge in [0.25, 0.3) is 5.91 Å². The first kappa shape index (κ1) is 19.5. The zero-order valence-electron chi connectivity index (χ0n) is 14.6. The lowest BCUT2D eigenvalue weighted by atomic mass is 10.1. The van der Waals surface area contributed by atoms with Gasteiger partial charge in [-0.25, -0.2) is 9.69 Å². The van der Waals surface area contributed by atoms with Crippen molar-refractivity contribution >= 4 is 57.9 Å². The molecule has 8 heteroatoms. The van der Waals surface area contributed by atoms with Crippen molar-refractivity contribution in [3.8, 4) is 11.5 Å². The number of amides is 3. The Kier molecular flexibility index (Phi) is 5.91. The highest BCUT2D eigenvalue weighted by Crippen LogP contribution is 2.35. The monoisotopic (exact) mass is 498 g/mol. The summed E-state index contributed by atoms with van der Waals surface area (Å²) in [5.41, 5.74) is 1.29. The van der Waals surface area contributed by atoms with Gasteiger partial charge in [0.15, 0.2) is 11.5 Å². The van der Waals surface area contributed by atoms with Crippen LogP contribution in [0.15, 0.2) is 42.1 Å². The highest BCUT2D eigenvalue weighted by atomic mass is 127. The fourth-order valence-corrected chi connectivity index (χ4v) is 3.71. The zero-order valence-corrected chi connectivity index (χ0v) is 17.5. The van der Waals surface area contributed by atoms with E-state index in [1.54, 1.807) is 43.5 Å². The summed E-state index contributed by atoms with van der Waals surface area (Å²) in [6.07, 6.45) is 1.61. The zero-order chi connectivity index (χ0) is 19.6. The maximum absolute atomic E-state index is 12.7. The summed E-state index contributed by atoms with van der Waals surface area (Å²) in [7, 11) is 1.57. The molecule has 27 heavy (non-hydrogen) atoms. The van der Waals surface area contributed by atoms with Crippen LogP contribution in [0.4, 0.5) is 10.5 Å². The number of carbonyl (C=O) groups excluding carboxylic acids is 2. The summed E-state index contributed by atoms with van der Waals surface area (Å²) in [4.78, 5) is 26.1. The van der Waals surface area contributed by atoms with Crippen LogP contribution in [-0.2, 0) is 4.79 Å². The van der Waals surface area contributed by atoms with E-state index >= 15 is 0 Å². The molecule has 1 aliphatic heterocycles. The van der Waals surface area contributed by atoms with Gasteiger partial charge >= 0.3 is 6.03 Å². The SMILES string of the molecule is CCOc1cc(/C=C2\NC(=O)N(c3cccc(Cl)c3)C2=O)cc(I)c1OC. The number of nitrogens with one attached hydrogen (secondary N) is 1.